The molecule has 0 heterocycles. The molecule has 2 aliphatic rings. The molecule has 82 valence electrons. The first kappa shape index (κ1) is 10.5. The summed E-state index contributed by atoms with van der Waals surface area (Å²) < 4.78 is 0. The van der Waals surface area contributed by atoms with Crippen molar-refractivity contribution in [1.82, 2.24) is 0 Å². The molecule has 2 saturated carbocycles. The van der Waals surface area contributed by atoms with Crippen LogP contribution < -0.4 is 0 Å². The molecule has 0 aromatic rings. The standard InChI is InChI=1S/C14H26/c1-9-11-7-10(14(9,5)6)8-12(11)13(2,3)4/h9-12H,7-8H2,1-6H3/t9?,10-,11-,12?/m0/s1. The van der Waals surface area contributed by atoms with Crippen molar-refractivity contribution in [3.63, 3.8) is 0 Å². The van der Waals surface area contributed by atoms with Gasteiger partial charge in [0.05, 0.1) is 0 Å². The number of rotatable bonds is 0. The molecule has 2 unspecified atom stereocenters. The number of fused-ring (bicyclic) bond motifs is 2. The zero-order chi connectivity index (χ0) is 10.7. The maximum atomic E-state index is 2.49. The van der Waals surface area contributed by atoms with Crippen LogP contribution in [0, 0.1) is 34.5 Å². The third kappa shape index (κ3) is 1.26. The van der Waals surface area contributed by atoms with Crippen molar-refractivity contribution in [3.05, 3.63) is 0 Å². The molecule has 0 aromatic heterocycles. The molecule has 0 nitrogen and oxygen atoms in total. The van der Waals surface area contributed by atoms with E-state index >= 15 is 0 Å². The van der Waals surface area contributed by atoms with Gasteiger partial charge in [-0.3, -0.25) is 0 Å². The zero-order valence-electron chi connectivity index (χ0n) is 10.7. The van der Waals surface area contributed by atoms with Gasteiger partial charge in [-0.05, 0) is 47.3 Å². The van der Waals surface area contributed by atoms with Crippen LogP contribution in [0.25, 0.3) is 0 Å². The lowest BCUT2D eigenvalue weighted by atomic mass is 9.61. The second kappa shape index (κ2) is 2.77. The highest BCUT2D eigenvalue weighted by atomic mass is 14.6. The smallest absolute Gasteiger partial charge is 0.0297 e. The molecule has 0 aromatic carbocycles. The second-order valence-corrected chi connectivity index (χ2v) is 7.41. The molecule has 0 saturated heterocycles. The topological polar surface area (TPSA) is 0 Å². The van der Waals surface area contributed by atoms with Gasteiger partial charge in [-0.25, -0.2) is 0 Å². The fraction of sp³-hybridized carbons (Fsp3) is 1.00. The predicted octanol–water partition coefficient (Wildman–Crippen LogP) is 4.35. The summed E-state index contributed by atoms with van der Waals surface area (Å²) >= 11 is 0. The highest BCUT2D eigenvalue weighted by Gasteiger charge is 2.56. The van der Waals surface area contributed by atoms with Crippen LogP contribution in [0.1, 0.15) is 54.4 Å². The van der Waals surface area contributed by atoms with Crippen LogP contribution in [-0.4, -0.2) is 0 Å². The van der Waals surface area contributed by atoms with Crippen molar-refractivity contribution >= 4 is 0 Å². The van der Waals surface area contributed by atoms with Crippen molar-refractivity contribution in [3.8, 4) is 0 Å². The molecule has 2 bridgehead atoms. The largest absolute Gasteiger partial charge is 0.0617 e. The van der Waals surface area contributed by atoms with Crippen molar-refractivity contribution < 1.29 is 0 Å². The van der Waals surface area contributed by atoms with E-state index in [-0.39, 0.29) is 0 Å². The van der Waals surface area contributed by atoms with Gasteiger partial charge >= 0.3 is 0 Å². The summed E-state index contributed by atoms with van der Waals surface area (Å²) in [5, 5.41) is 0. The minimum Gasteiger partial charge on any atom is -0.0617 e. The molecule has 0 heteroatoms. The molecule has 2 aliphatic carbocycles. The van der Waals surface area contributed by atoms with Gasteiger partial charge < -0.3 is 0 Å². The van der Waals surface area contributed by atoms with E-state index in [0.29, 0.717) is 10.8 Å². The Kier molecular flexibility index (Phi) is 2.08. The molecule has 14 heavy (non-hydrogen) atoms. The van der Waals surface area contributed by atoms with Crippen LogP contribution in [0.5, 0.6) is 0 Å². The summed E-state index contributed by atoms with van der Waals surface area (Å²) in [5.74, 6) is 3.93. The number of hydrogen-bond donors (Lipinski definition) is 0. The first-order chi connectivity index (χ1) is 6.24. The van der Waals surface area contributed by atoms with E-state index in [4.69, 9.17) is 0 Å². The minimum absolute atomic E-state index is 0.532. The van der Waals surface area contributed by atoms with Crippen LogP contribution in [0.4, 0.5) is 0 Å². The molecule has 4 atom stereocenters. The average molecular weight is 194 g/mol. The molecular weight excluding hydrogens is 168 g/mol. The lowest BCUT2D eigenvalue weighted by molar-refractivity contribution is 0.0442. The van der Waals surface area contributed by atoms with Gasteiger partial charge in [0.2, 0.25) is 0 Å². The molecule has 2 fully saturated rings. The van der Waals surface area contributed by atoms with E-state index < -0.39 is 0 Å². The van der Waals surface area contributed by atoms with E-state index in [2.05, 4.69) is 41.5 Å². The SMILES string of the molecule is CC1[C@@H]2C[C@@H](CC2C(C)(C)C)C1(C)C. The first-order valence-electron chi connectivity index (χ1n) is 6.24. The highest BCUT2D eigenvalue weighted by molar-refractivity contribution is 5.05. The maximum absolute atomic E-state index is 2.49. The average Bonchev–Trinajstić information content (AvgIpc) is 2.51. The summed E-state index contributed by atoms with van der Waals surface area (Å²) in [6, 6.07) is 0. The predicted molar refractivity (Wildman–Crippen MR) is 62.1 cm³/mol. The summed E-state index contributed by atoms with van der Waals surface area (Å²) in [4.78, 5) is 0. The van der Waals surface area contributed by atoms with Gasteiger partial charge in [0.15, 0.2) is 0 Å². The van der Waals surface area contributed by atoms with Gasteiger partial charge in [0.25, 0.3) is 0 Å². The van der Waals surface area contributed by atoms with Crippen LogP contribution in [0.15, 0.2) is 0 Å². The summed E-state index contributed by atoms with van der Waals surface area (Å²) in [7, 11) is 0. The molecular formula is C14H26. The normalized spacial score (nSPS) is 45.9. The molecule has 0 N–H and O–H groups in total. The Labute approximate surface area is 89.5 Å². The Morgan fingerprint density at radius 2 is 1.64 bits per heavy atom. The minimum atomic E-state index is 0.532. The Morgan fingerprint density at radius 3 is 2.00 bits per heavy atom. The van der Waals surface area contributed by atoms with E-state index in [9.17, 15) is 0 Å². The third-order valence-corrected chi connectivity index (χ3v) is 5.59. The van der Waals surface area contributed by atoms with Crippen molar-refractivity contribution in [2.45, 2.75) is 54.4 Å². The summed E-state index contributed by atoms with van der Waals surface area (Å²) in [6.07, 6.45) is 3.00. The van der Waals surface area contributed by atoms with Crippen molar-refractivity contribution in [2.75, 3.05) is 0 Å². The molecule has 2 rings (SSSR count). The van der Waals surface area contributed by atoms with Crippen LogP contribution in [-0.2, 0) is 0 Å². The van der Waals surface area contributed by atoms with E-state index in [1.165, 1.54) is 12.8 Å². The maximum Gasteiger partial charge on any atom is -0.0297 e. The molecule has 0 amide bonds. The Morgan fingerprint density at radius 1 is 1.07 bits per heavy atom. The molecule has 0 aliphatic heterocycles. The number of hydrogen-bond acceptors (Lipinski definition) is 0. The summed E-state index contributed by atoms with van der Waals surface area (Å²) in [6.45, 7) is 14.7. The van der Waals surface area contributed by atoms with E-state index in [1.54, 1.807) is 0 Å². The van der Waals surface area contributed by atoms with Gasteiger partial charge in [-0.15, -0.1) is 0 Å². The monoisotopic (exact) mass is 194 g/mol. The highest BCUT2D eigenvalue weighted by Crippen LogP contribution is 2.64. The Hall–Kier alpha value is 0. The van der Waals surface area contributed by atoms with E-state index in [0.717, 1.165) is 23.7 Å². The lowest BCUT2D eigenvalue weighted by Crippen LogP contribution is -2.37. The lowest BCUT2D eigenvalue weighted by Gasteiger charge is -2.44. The van der Waals surface area contributed by atoms with E-state index in [1.807, 2.05) is 0 Å². The second-order valence-electron chi connectivity index (χ2n) is 7.41. The fourth-order valence-electron chi connectivity index (χ4n) is 4.15. The van der Waals surface area contributed by atoms with Gasteiger partial charge in [-0.2, -0.15) is 0 Å². The van der Waals surface area contributed by atoms with Crippen molar-refractivity contribution in [1.29, 1.82) is 0 Å². The van der Waals surface area contributed by atoms with Crippen LogP contribution >= 0.6 is 0 Å². The fourth-order valence-corrected chi connectivity index (χ4v) is 4.15. The third-order valence-electron chi connectivity index (χ3n) is 5.59. The van der Waals surface area contributed by atoms with Crippen LogP contribution in [0.3, 0.4) is 0 Å². The quantitative estimate of drug-likeness (QED) is 0.538. The summed E-state index contributed by atoms with van der Waals surface area (Å²) in [5.41, 5.74) is 1.15. The zero-order valence-corrected chi connectivity index (χ0v) is 10.7. The Bertz CT molecular complexity index is 227. The van der Waals surface area contributed by atoms with Gasteiger partial charge in [-0.1, -0.05) is 41.5 Å². The Balaban J connectivity index is 2.21. The van der Waals surface area contributed by atoms with Crippen LogP contribution in [0.2, 0.25) is 0 Å². The van der Waals surface area contributed by atoms with Crippen molar-refractivity contribution in [2.24, 2.45) is 34.5 Å². The molecule has 0 radical (unpaired) electrons. The van der Waals surface area contributed by atoms with Gasteiger partial charge in [0.1, 0.15) is 0 Å². The first-order valence-corrected chi connectivity index (χ1v) is 6.24. The van der Waals surface area contributed by atoms with Gasteiger partial charge in [0, 0.05) is 0 Å². The molecule has 0 spiro atoms.